The second-order valence-electron chi connectivity index (χ2n) is 5.26. The van der Waals surface area contributed by atoms with Gasteiger partial charge in [-0.25, -0.2) is 0 Å². The Morgan fingerprint density at radius 1 is 1.39 bits per heavy atom. The average molecular weight is 247 g/mol. The summed E-state index contributed by atoms with van der Waals surface area (Å²) in [5.41, 5.74) is 2.18. The third-order valence-electron chi connectivity index (χ3n) is 3.59. The first-order chi connectivity index (χ1) is 8.51. The summed E-state index contributed by atoms with van der Waals surface area (Å²) in [7, 11) is 0. The largest absolute Gasteiger partial charge is 0.323 e. The molecular weight excluding hydrogens is 226 g/mol. The molecule has 1 fully saturated rings. The van der Waals surface area contributed by atoms with Crippen LogP contribution in [-0.2, 0) is 4.79 Å². The molecule has 1 aromatic rings. The fourth-order valence-corrected chi connectivity index (χ4v) is 2.33. The summed E-state index contributed by atoms with van der Waals surface area (Å²) >= 11 is 0. The zero-order valence-corrected chi connectivity index (χ0v) is 11.3. The van der Waals surface area contributed by atoms with E-state index in [0.29, 0.717) is 0 Å². The number of hydrogen-bond acceptors (Lipinski definition) is 3. The van der Waals surface area contributed by atoms with E-state index in [1.54, 1.807) is 0 Å². The molecule has 0 radical (unpaired) electrons. The predicted molar refractivity (Wildman–Crippen MR) is 72.6 cm³/mol. The van der Waals surface area contributed by atoms with Crippen LogP contribution in [0.15, 0.2) is 12.1 Å². The summed E-state index contributed by atoms with van der Waals surface area (Å²) in [6.45, 7) is 6.75. The van der Waals surface area contributed by atoms with Crippen LogP contribution in [0.5, 0.6) is 0 Å². The van der Waals surface area contributed by atoms with Crippen LogP contribution in [0.4, 0.5) is 5.69 Å². The lowest BCUT2D eigenvalue weighted by atomic mass is 9.90. The Kier molecular flexibility index (Phi) is 3.66. The molecule has 2 rings (SSSR count). The summed E-state index contributed by atoms with van der Waals surface area (Å²) in [5, 5.41) is 6.30. The maximum Gasteiger partial charge on any atom is 0.244 e. The Morgan fingerprint density at radius 2 is 2.17 bits per heavy atom. The van der Waals surface area contributed by atoms with Crippen LogP contribution >= 0.6 is 0 Å². The number of aromatic nitrogens is 1. The van der Waals surface area contributed by atoms with Crippen molar-refractivity contribution in [3.8, 4) is 0 Å². The first-order valence-corrected chi connectivity index (χ1v) is 6.52. The monoisotopic (exact) mass is 247 g/mol. The van der Waals surface area contributed by atoms with Gasteiger partial charge in [0.25, 0.3) is 0 Å². The van der Waals surface area contributed by atoms with E-state index in [4.69, 9.17) is 0 Å². The molecule has 0 spiro atoms. The van der Waals surface area contributed by atoms with Gasteiger partial charge in [0.15, 0.2) is 0 Å². The van der Waals surface area contributed by atoms with Crippen molar-refractivity contribution in [2.45, 2.75) is 45.6 Å². The summed E-state index contributed by atoms with van der Waals surface area (Å²) in [5.74, 6) is 0.0379. The number of pyridine rings is 1. The van der Waals surface area contributed by atoms with Gasteiger partial charge in [0, 0.05) is 5.69 Å². The van der Waals surface area contributed by atoms with Gasteiger partial charge in [-0.05, 0) is 58.7 Å². The minimum absolute atomic E-state index is 0.0379. The SMILES string of the molecule is Cc1ccc(NC(=O)C2(C)CCCCN2)c(C)n1. The van der Waals surface area contributed by atoms with Crippen molar-refractivity contribution in [1.29, 1.82) is 0 Å². The van der Waals surface area contributed by atoms with Gasteiger partial charge in [0.2, 0.25) is 5.91 Å². The molecular formula is C14H21N3O. The van der Waals surface area contributed by atoms with Gasteiger partial charge in [0.05, 0.1) is 16.9 Å². The quantitative estimate of drug-likeness (QED) is 0.842. The fourth-order valence-electron chi connectivity index (χ4n) is 2.33. The molecule has 0 saturated carbocycles. The normalized spacial score (nSPS) is 23.7. The van der Waals surface area contributed by atoms with Crippen molar-refractivity contribution >= 4 is 11.6 Å². The number of amides is 1. The van der Waals surface area contributed by atoms with Crippen LogP contribution in [0.2, 0.25) is 0 Å². The number of anilines is 1. The number of carbonyl (C=O) groups excluding carboxylic acids is 1. The van der Waals surface area contributed by atoms with Gasteiger partial charge in [-0.3, -0.25) is 9.78 Å². The van der Waals surface area contributed by atoms with E-state index >= 15 is 0 Å². The molecule has 0 aromatic carbocycles. The summed E-state index contributed by atoms with van der Waals surface area (Å²) < 4.78 is 0. The second kappa shape index (κ2) is 5.06. The highest BCUT2D eigenvalue weighted by Gasteiger charge is 2.34. The number of aryl methyl sites for hydroxylation is 2. The van der Waals surface area contributed by atoms with E-state index in [1.807, 2.05) is 32.9 Å². The minimum Gasteiger partial charge on any atom is -0.323 e. The van der Waals surface area contributed by atoms with Crippen LogP contribution in [-0.4, -0.2) is 23.0 Å². The maximum absolute atomic E-state index is 12.3. The highest BCUT2D eigenvalue weighted by molar-refractivity contribution is 5.98. The standard InChI is InChI=1S/C14H21N3O/c1-10-6-7-12(11(2)16-10)17-13(18)14(3)8-4-5-9-15-14/h6-7,15H,4-5,8-9H2,1-3H3,(H,17,18). The highest BCUT2D eigenvalue weighted by Crippen LogP contribution is 2.21. The van der Waals surface area contributed by atoms with E-state index in [2.05, 4.69) is 15.6 Å². The van der Waals surface area contributed by atoms with Crippen molar-refractivity contribution < 1.29 is 4.79 Å². The lowest BCUT2D eigenvalue weighted by Gasteiger charge is -2.33. The van der Waals surface area contributed by atoms with Crippen LogP contribution in [0, 0.1) is 13.8 Å². The molecule has 2 heterocycles. The number of carbonyl (C=O) groups is 1. The third-order valence-corrected chi connectivity index (χ3v) is 3.59. The van der Waals surface area contributed by atoms with E-state index in [1.165, 1.54) is 0 Å². The molecule has 18 heavy (non-hydrogen) atoms. The number of nitrogens with one attached hydrogen (secondary N) is 2. The molecule has 1 atom stereocenters. The molecule has 0 aliphatic carbocycles. The molecule has 2 N–H and O–H groups in total. The number of hydrogen-bond donors (Lipinski definition) is 2. The fraction of sp³-hybridized carbons (Fsp3) is 0.571. The molecule has 4 nitrogen and oxygen atoms in total. The Bertz CT molecular complexity index is 450. The summed E-state index contributed by atoms with van der Waals surface area (Å²) in [6.07, 6.45) is 3.13. The van der Waals surface area contributed by atoms with Gasteiger partial charge >= 0.3 is 0 Å². The molecule has 1 amide bonds. The Morgan fingerprint density at radius 3 is 2.78 bits per heavy atom. The minimum atomic E-state index is -0.449. The van der Waals surface area contributed by atoms with Gasteiger partial charge in [-0.1, -0.05) is 0 Å². The summed E-state index contributed by atoms with van der Waals surface area (Å²) in [4.78, 5) is 16.7. The molecule has 98 valence electrons. The molecule has 1 unspecified atom stereocenters. The highest BCUT2D eigenvalue weighted by atomic mass is 16.2. The molecule has 1 saturated heterocycles. The molecule has 1 aliphatic heterocycles. The predicted octanol–water partition coefficient (Wildman–Crippen LogP) is 2.17. The van der Waals surface area contributed by atoms with Crippen molar-refractivity contribution in [2.75, 3.05) is 11.9 Å². The smallest absolute Gasteiger partial charge is 0.244 e. The second-order valence-corrected chi connectivity index (χ2v) is 5.26. The maximum atomic E-state index is 12.3. The van der Waals surface area contributed by atoms with E-state index in [0.717, 1.165) is 42.9 Å². The first kappa shape index (κ1) is 13.0. The third kappa shape index (κ3) is 2.70. The van der Waals surface area contributed by atoms with Crippen LogP contribution in [0.1, 0.15) is 37.6 Å². The number of piperidine rings is 1. The Labute approximate surface area is 108 Å². The van der Waals surface area contributed by atoms with Gasteiger partial charge in [-0.2, -0.15) is 0 Å². The number of rotatable bonds is 2. The zero-order chi connectivity index (χ0) is 13.2. The Balaban J connectivity index is 2.11. The van der Waals surface area contributed by atoms with E-state index in [9.17, 15) is 4.79 Å². The topological polar surface area (TPSA) is 54.0 Å². The molecule has 1 aliphatic rings. The van der Waals surface area contributed by atoms with Crippen LogP contribution in [0.25, 0.3) is 0 Å². The van der Waals surface area contributed by atoms with Crippen molar-refractivity contribution in [1.82, 2.24) is 10.3 Å². The number of nitrogens with zero attached hydrogens (tertiary/aromatic N) is 1. The van der Waals surface area contributed by atoms with E-state index in [-0.39, 0.29) is 5.91 Å². The zero-order valence-electron chi connectivity index (χ0n) is 11.3. The van der Waals surface area contributed by atoms with Crippen LogP contribution in [0.3, 0.4) is 0 Å². The van der Waals surface area contributed by atoms with Gasteiger partial charge in [-0.15, -0.1) is 0 Å². The summed E-state index contributed by atoms with van der Waals surface area (Å²) in [6, 6.07) is 3.83. The van der Waals surface area contributed by atoms with Crippen molar-refractivity contribution in [2.24, 2.45) is 0 Å². The average Bonchev–Trinajstić information content (AvgIpc) is 2.33. The van der Waals surface area contributed by atoms with Gasteiger partial charge in [0.1, 0.15) is 0 Å². The molecule has 1 aromatic heterocycles. The molecule has 4 heteroatoms. The van der Waals surface area contributed by atoms with Crippen molar-refractivity contribution in [3.05, 3.63) is 23.5 Å². The molecule has 0 bridgehead atoms. The lowest BCUT2D eigenvalue weighted by molar-refractivity contribution is -0.122. The van der Waals surface area contributed by atoms with Crippen molar-refractivity contribution in [3.63, 3.8) is 0 Å². The van der Waals surface area contributed by atoms with E-state index < -0.39 is 5.54 Å². The lowest BCUT2D eigenvalue weighted by Crippen LogP contribution is -2.54. The van der Waals surface area contributed by atoms with Crippen LogP contribution < -0.4 is 10.6 Å². The first-order valence-electron chi connectivity index (χ1n) is 6.52. The van der Waals surface area contributed by atoms with Gasteiger partial charge < -0.3 is 10.6 Å². The Hall–Kier alpha value is -1.42.